The van der Waals surface area contributed by atoms with Crippen molar-refractivity contribution in [2.45, 2.75) is 34.1 Å². The number of carbonyl (C=O) groups is 1. The van der Waals surface area contributed by atoms with Crippen LogP contribution in [0.5, 0.6) is 0 Å². The van der Waals surface area contributed by atoms with Crippen LogP contribution in [-0.4, -0.2) is 6.29 Å². The lowest BCUT2D eigenvalue weighted by molar-refractivity contribution is 0.112. The van der Waals surface area contributed by atoms with E-state index in [-0.39, 0.29) is 0 Å². The van der Waals surface area contributed by atoms with Gasteiger partial charge in [-0.1, -0.05) is 6.92 Å². The molecule has 0 spiro atoms. The summed E-state index contributed by atoms with van der Waals surface area (Å²) in [5.41, 5.74) is 5.81. The van der Waals surface area contributed by atoms with Crippen molar-refractivity contribution in [3.8, 4) is 0 Å². The Bertz CT molecular complexity index is 337. The van der Waals surface area contributed by atoms with Crippen molar-refractivity contribution in [1.29, 1.82) is 0 Å². The van der Waals surface area contributed by atoms with Crippen molar-refractivity contribution < 1.29 is 4.79 Å². The molecule has 13 heavy (non-hydrogen) atoms. The van der Waals surface area contributed by atoms with Crippen LogP contribution in [0.3, 0.4) is 0 Å². The lowest BCUT2D eigenvalue weighted by atomic mass is 9.93. The fraction of sp³-hybridized carbons (Fsp3) is 0.417. The van der Waals surface area contributed by atoms with Gasteiger partial charge in [0.25, 0.3) is 0 Å². The number of rotatable bonds is 2. The lowest BCUT2D eigenvalue weighted by Crippen LogP contribution is -1.98. The highest BCUT2D eigenvalue weighted by atomic mass is 16.1. The average Bonchev–Trinajstić information content (AvgIpc) is 2.15. The molecule has 0 heterocycles. The molecule has 0 atom stereocenters. The molecule has 0 aromatic heterocycles. The van der Waals surface area contributed by atoms with E-state index in [1.165, 1.54) is 16.7 Å². The van der Waals surface area contributed by atoms with Crippen molar-refractivity contribution in [2.75, 3.05) is 0 Å². The monoisotopic (exact) mass is 176 g/mol. The minimum atomic E-state index is 0.833. The number of aryl methyl sites for hydroxylation is 1. The first kappa shape index (κ1) is 9.97. The summed E-state index contributed by atoms with van der Waals surface area (Å²) in [4.78, 5) is 10.8. The zero-order chi connectivity index (χ0) is 10.0. The standard InChI is InChI=1S/C12H16O/c1-5-11-6-12(7-13)10(4)8(2)9(11)3/h6-7H,5H2,1-4H3. The van der Waals surface area contributed by atoms with Gasteiger partial charge >= 0.3 is 0 Å². The molecule has 0 bridgehead atoms. The van der Waals surface area contributed by atoms with Gasteiger partial charge in [0.1, 0.15) is 6.29 Å². The minimum Gasteiger partial charge on any atom is -0.298 e. The van der Waals surface area contributed by atoms with Crippen LogP contribution in [-0.2, 0) is 6.42 Å². The quantitative estimate of drug-likeness (QED) is 0.633. The number of benzene rings is 1. The molecule has 0 saturated heterocycles. The summed E-state index contributed by atoms with van der Waals surface area (Å²) in [6.45, 7) is 8.32. The van der Waals surface area contributed by atoms with Crippen molar-refractivity contribution in [2.24, 2.45) is 0 Å². The lowest BCUT2D eigenvalue weighted by Gasteiger charge is -2.11. The molecule has 1 heteroatoms. The third-order valence-electron chi connectivity index (χ3n) is 2.88. The van der Waals surface area contributed by atoms with Gasteiger partial charge in [0.15, 0.2) is 0 Å². The number of hydrogen-bond acceptors (Lipinski definition) is 1. The maximum absolute atomic E-state index is 10.8. The molecule has 1 rings (SSSR count). The molecular formula is C12H16O. The second-order valence-electron chi connectivity index (χ2n) is 3.47. The van der Waals surface area contributed by atoms with E-state index in [1.807, 2.05) is 13.0 Å². The Morgan fingerprint density at radius 2 is 1.77 bits per heavy atom. The molecule has 0 aliphatic carbocycles. The van der Waals surface area contributed by atoms with Crippen molar-refractivity contribution in [1.82, 2.24) is 0 Å². The summed E-state index contributed by atoms with van der Waals surface area (Å²) >= 11 is 0. The highest BCUT2D eigenvalue weighted by Crippen LogP contribution is 2.20. The normalized spacial score (nSPS) is 10.2. The third kappa shape index (κ3) is 1.64. The second kappa shape index (κ2) is 3.73. The predicted molar refractivity (Wildman–Crippen MR) is 55.4 cm³/mol. The summed E-state index contributed by atoms with van der Waals surface area (Å²) < 4.78 is 0. The topological polar surface area (TPSA) is 17.1 Å². The molecule has 0 aliphatic rings. The van der Waals surface area contributed by atoms with Crippen LogP contribution in [0.15, 0.2) is 6.07 Å². The molecular weight excluding hydrogens is 160 g/mol. The maximum Gasteiger partial charge on any atom is 0.150 e. The SMILES string of the molecule is CCc1cc(C=O)c(C)c(C)c1C. The fourth-order valence-corrected chi connectivity index (χ4v) is 1.63. The number of carbonyl (C=O) groups excluding carboxylic acids is 1. The highest BCUT2D eigenvalue weighted by molar-refractivity contribution is 5.78. The van der Waals surface area contributed by atoms with Crippen LogP contribution in [0.25, 0.3) is 0 Å². The van der Waals surface area contributed by atoms with E-state index in [2.05, 4.69) is 20.8 Å². The Hall–Kier alpha value is -1.11. The Morgan fingerprint density at radius 3 is 2.23 bits per heavy atom. The van der Waals surface area contributed by atoms with Gasteiger partial charge in [-0.15, -0.1) is 0 Å². The van der Waals surface area contributed by atoms with Gasteiger partial charge < -0.3 is 0 Å². The van der Waals surface area contributed by atoms with Crippen LogP contribution in [0.1, 0.15) is 39.5 Å². The Morgan fingerprint density at radius 1 is 1.15 bits per heavy atom. The van der Waals surface area contributed by atoms with E-state index in [9.17, 15) is 4.79 Å². The molecule has 70 valence electrons. The van der Waals surface area contributed by atoms with Crippen molar-refractivity contribution >= 4 is 6.29 Å². The zero-order valence-electron chi connectivity index (χ0n) is 8.77. The average molecular weight is 176 g/mol. The van der Waals surface area contributed by atoms with Crippen LogP contribution in [0.4, 0.5) is 0 Å². The summed E-state index contributed by atoms with van der Waals surface area (Å²) in [5.74, 6) is 0. The Kier molecular flexibility index (Phi) is 2.86. The van der Waals surface area contributed by atoms with Gasteiger partial charge in [-0.25, -0.2) is 0 Å². The smallest absolute Gasteiger partial charge is 0.150 e. The second-order valence-corrected chi connectivity index (χ2v) is 3.47. The summed E-state index contributed by atoms with van der Waals surface area (Å²) in [6, 6.07) is 2.00. The first-order chi connectivity index (χ1) is 6.11. The largest absolute Gasteiger partial charge is 0.298 e. The van der Waals surface area contributed by atoms with Gasteiger partial charge in [-0.2, -0.15) is 0 Å². The van der Waals surface area contributed by atoms with Crippen LogP contribution >= 0.6 is 0 Å². The van der Waals surface area contributed by atoms with Gasteiger partial charge in [0, 0.05) is 5.56 Å². The van der Waals surface area contributed by atoms with Crippen molar-refractivity contribution in [3.63, 3.8) is 0 Å². The molecule has 0 amide bonds. The first-order valence-corrected chi connectivity index (χ1v) is 4.66. The Balaban J connectivity index is 3.45. The minimum absolute atomic E-state index is 0.833. The van der Waals surface area contributed by atoms with E-state index in [4.69, 9.17) is 0 Å². The van der Waals surface area contributed by atoms with Crippen LogP contribution in [0.2, 0.25) is 0 Å². The molecule has 0 unspecified atom stereocenters. The Labute approximate surface area is 79.8 Å². The van der Waals surface area contributed by atoms with Crippen LogP contribution in [0, 0.1) is 20.8 Å². The molecule has 0 saturated carbocycles. The van der Waals surface area contributed by atoms with E-state index in [0.29, 0.717) is 0 Å². The summed E-state index contributed by atoms with van der Waals surface area (Å²) in [6.07, 6.45) is 1.94. The van der Waals surface area contributed by atoms with E-state index < -0.39 is 0 Å². The number of hydrogen-bond donors (Lipinski definition) is 0. The van der Waals surface area contributed by atoms with Gasteiger partial charge in [0.2, 0.25) is 0 Å². The van der Waals surface area contributed by atoms with Gasteiger partial charge in [-0.05, 0) is 55.5 Å². The molecule has 1 aromatic carbocycles. The first-order valence-electron chi connectivity index (χ1n) is 4.66. The maximum atomic E-state index is 10.8. The number of aldehydes is 1. The highest BCUT2D eigenvalue weighted by Gasteiger charge is 2.07. The third-order valence-corrected chi connectivity index (χ3v) is 2.88. The van der Waals surface area contributed by atoms with Crippen molar-refractivity contribution in [3.05, 3.63) is 33.9 Å². The summed E-state index contributed by atoms with van der Waals surface area (Å²) in [5, 5.41) is 0. The molecule has 0 N–H and O–H groups in total. The van der Waals surface area contributed by atoms with Gasteiger partial charge in [0.05, 0.1) is 0 Å². The predicted octanol–water partition coefficient (Wildman–Crippen LogP) is 2.99. The molecule has 0 aliphatic heterocycles. The van der Waals surface area contributed by atoms with Crippen LogP contribution < -0.4 is 0 Å². The van der Waals surface area contributed by atoms with E-state index in [1.54, 1.807) is 0 Å². The molecule has 1 aromatic rings. The molecule has 0 radical (unpaired) electrons. The fourth-order valence-electron chi connectivity index (χ4n) is 1.63. The molecule has 1 nitrogen and oxygen atoms in total. The van der Waals surface area contributed by atoms with Gasteiger partial charge in [-0.3, -0.25) is 4.79 Å². The summed E-state index contributed by atoms with van der Waals surface area (Å²) in [7, 11) is 0. The van der Waals surface area contributed by atoms with E-state index in [0.717, 1.165) is 23.8 Å². The zero-order valence-corrected chi connectivity index (χ0v) is 8.77. The molecule has 0 fully saturated rings. The van der Waals surface area contributed by atoms with E-state index >= 15 is 0 Å².